The molecule has 0 saturated heterocycles. The largest absolute Gasteiger partial charge is 0.375 e. The minimum atomic E-state index is 0. The number of nitrogens with zero attached hydrogens (tertiary/aromatic N) is 3. The predicted octanol–water partition coefficient (Wildman–Crippen LogP) is 3.36. The fraction of sp³-hybridized carbons (Fsp3) is 0.286. The quantitative estimate of drug-likeness (QED) is 0.179. The maximum atomic E-state index is 5.71. The molecule has 0 aliphatic heterocycles. The van der Waals surface area contributed by atoms with Gasteiger partial charge in [-0.1, -0.05) is 48.5 Å². The van der Waals surface area contributed by atoms with Crippen LogP contribution in [0.15, 0.2) is 65.9 Å². The van der Waals surface area contributed by atoms with Gasteiger partial charge in [0.2, 0.25) is 0 Å². The summed E-state index contributed by atoms with van der Waals surface area (Å²) >= 11 is 0. The summed E-state index contributed by atoms with van der Waals surface area (Å²) < 4.78 is 5.71. The molecule has 0 aliphatic rings. The third kappa shape index (κ3) is 7.82. The fourth-order valence-electron chi connectivity index (χ4n) is 2.68. The van der Waals surface area contributed by atoms with E-state index < -0.39 is 0 Å². The van der Waals surface area contributed by atoms with E-state index in [1.807, 2.05) is 37.3 Å². The summed E-state index contributed by atoms with van der Waals surface area (Å²) in [6.07, 6.45) is 1.51. The first-order valence-corrected chi connectivity index (χ1v) is 9.43. The summed E-state index contributed by atoms with van der Waals surface area (Å²) in [6.45, 7) is 5.34. The number of benzene rings is 2. The summed E-state index contributed by atoms with van der Waals surface area (Å²) in [5.41, 5.74) is 3.28. The molecule has 2 aromatic carbocycles. The molecule has 0 amide bonds. The van der Waals surface area contributed by atoms with E-state index in [1.54, 1.807) is 0 Å². The first kappa shape index (κ1) is 22.8. The van der Waals surface area contributed by atoms with Crippen molar-refractivity contribution in [3.63, 3.8) is 0 Å². The van der Waals surface area contributed by atoms with Gasteiger partial charge in [-0.05, 0) is 24.1 Å². The lowest BCUT2D eigenvalue weighted by Crippen LogP contribution is -2.38. The lowest BCUT2D eigenvalue weighted by Gasteiger charge is -2.12. The molecule has 3 aromatic rings. The number of hydrogen-bond acceptors (Lipinski definition) is 4. The Kier molecular flexibility index (Phi) is 10.1. The molecule has 154 valence electrons. The molecule has 0 unspecified atom stereocenters. The number of hydrogen-bond donors (Lipinski definition) is 3. The molecule has 3 N–H and O–H groups in total. The van der Waals surface area contributed by atoms with Crippen molar-refractivity contribution in [2.24, 2.45) is 4.99 Å². The van der Waals surface area contributed by atoms with Crippen molar-refractivity contribution in [2.75, 3.05) is 19.7 Å². The number of ether oxygens (including phenoxy) is 1. The highest BCUT2D eigenvalue weighted by atomic mass is 127. The summed E-state index contributed by atoms with van der Waals surface area (Å²) in [5.74, 6) is 1.53. The van der Waals surface area contributed by atoms with Crippen LogP contribution in [0.3, 0.4) is 0 Å². The smallest absolute Gasteiger partial charge is 0.191 e. The van der Waals surface area contributed by atoms with E-state index in [4.69, 9.17) is 4.74 Å². The fourth-order valence-corrected chi connectivity index (χ4v) is 2.68. The van der Waals surface area contributed by atoms with E-state index in [0.717, 1.165) is 29.5 Å². The Hall–Kier alpha value is -2.46. The van der Waals surface area contributed by atoms with Crippen LogP contribution in [0.4, 0.5) is 0 Å². The zero-order chi connectivity index (χ0) is 19.4. The van der Waals surface area contributed by atoms with Crippen LogP contribution in [0, 0.1) is 0 Å². The molecule has 0 radical (unpaired) electrons. The Bertz CT molecular complexity index is 855. The summed E-state index contributed by atoms with van der Waals surface area (Å²) in [7, 11) is 0. The van der Waals surface area contributed by atoms with E-state index in [-0.39, 0.29) is 24.0 Å². The Morgan fingerprint density at radius 1 is 1.07 bits per heavy atom. The molecule has 0 aliphatic carbocycles. The Balaban J connectivity index is 0.00000300. The van der Waals surface area contributed by atoms with E-state index in [9.17, 15) is 0 Å². The van der Waals surface area contributed by atoms with E-state index >= 15 is 0 Å². The van der Waals surface area contributed by atoms with Gasteiger partial charge in [-0.25, -0.2) is 9.98 Å². The molecule has 0 atom stereocenters. The molecule has 1 heterocycles. The first-order chi connectivity index (χ1) is 13.8. The van der Waals surface area contributed by atoms with Gasteiger partial charge in [0.25, 0.3) is 0 Å². The number of H-pyrrole nitrogens is 1. The van der Waals surface area contributed by atoms with Crippen molar-refractivity contribution in [1.82, 2.24) is 25.8 Å². The zero-order valence-corrected chi connectivity index (χ0v) is 18.8. The van der Waals surface area contributed by atoms with Gasteiger partial charge in [0, 0.05) is 18.7 Å². The summed E-state index contributed by atoms with van der Waals surface area (Å²) in [4.78, 5) is 8.85. The van der Waals surface area contributed by atoms with Crippen molar-refractivity contribution >= 4 is 29.9 Å². The van der Waals surface area contributed by atoms with Crippen LogP contribution in [-0.4, -0.2) is 40.8 Å². The zero-order valence-electron chi connectivity index (χ0n) is 16.5. The van der Waals surface area contributed by atoms with Crippen molar-refractivity contribution in [3.05, 3.63) is 72.1 Å². The van der Waals surface area contributed by atoms with Crippen LogP contribution in [-0.2, 0) is 17.9 Å². The van der Waals surface area contributed by atoms with Crippen LogP contribution in [0.5, 0.6) is 0 Å². The molecule has 0 saturated carbocycles. The standard InChI is InChI=1S/C21H26N6O.HI/c1-2-22-21(23-11-12-28-15-17-7-4-3-5-8-17)24-14-18-9-6-10-19(13-18)20-25-16-26-27-20;/h3-10,13,16H,2,11-12,14-15H2,1H3,(H2,22,23,24)(H,25,26,27);1H. The number of rotatable bonds is 9. The second kappa shape index (κ2) is 12.9. The Morgan fingerprint density at radius 3 is 2.66 bits per heavy atom. The number of guanidine groups is 1. The number of aromatic nitrogens is 3. The van der Waals surface area contributed by atoms with Crippen molar-refractivity contribution in [3.8, 4) is 11.4 Å². The molecular formula is C21H27IN6O. The maximum absolute atomic E-state index is 5.71. The molecule has 7 nitrogen and oxygen atoms in total. The molecule has 3 rings (SSSR count). The minimum Gasteiger partial charge on any atom is -0.375 e. The monoisotopic (exact) mass is 506 g/mol. The van der Waals surface area contributed by atoms with Crippen LogP contribution >= 0.6 is 24.0 Å². The highest BCUT2D eigenvalue weighted by Gasteiger charge is 2.02. The van der Waals surface area contributed by atoms with Gasteiger partial charge in [0.1, 0.15) is 6.33 Å². The molecule has 29 heavy (non-hydrogen) atoms. The highest BCUT2D eigenvalue weighted by molar-refractivity contribution is 14.0. The van der Waals surface area contributed by atoms with E-state index in [1.165, 1.54) is 11.9 Å². The number of nitrogens with one attached hydrogen (secondary N) is 3. The summed E-state index contributed by atoms with van der Waals surface area (Å²) in [5, 5.41) is 13.3. The molecule has 1 aromatic heterocycles. The first-order valence-electron chi connectivity index (χ1n) is 9.43. The second-order valence-electron chi connectivity index (χ2n) is 6.19. The molecule has 0 spiro atoms. The lowest BCUT2D eigenvalue weighted by atomic mass is 10.1. The number of aliphatic imine (C=N–C) groups is 1. The topological polar surface area (TPSA) is 87.2 Å². The SMILES string of the molecule is CCNC(=NCc1cccc(-c2ncn[nH]2)c1)NCCOCc1ccccc1.I. The van der Waals surface area contributed by atoms with Crippen LogP contribution in [0.1, 0.15) is 18.1 Å². The van der Waals surface area contributed by atoms with E-state index in [0.29, 0.717) is 26.3 Å². The van der Waals surface area contributed by atoms with Crippen molar-refractivity contribution < 1.29 is 4.74 Å². The van der Waals surface area contributed by atoms with E-state index in [2.05, 4.69) is 55.1 Å². The van der Waals surface area contributed by atoms with Crippen LogP contribution in [0.2, 0.25) is 0 Å². The van der Waals surface area contributed by atoms with Gasteiger partial charge in [-0.2, -0.15) is 5.10 Å². The van der Waals surface area contributed by atoms with Crippen LogP contribution in [0.25, 0.3) is 11.4 Å². The van der Waals surface area contributed by atoms with Crippen molar-refractivity contribution in [1.29, 1.82) is 0 Å². The van der Waals surface area contributed by atoms with Gasteiger partial charge in [0.15, 0.2) is 11.8 Å². The van der Waals surface area contributed by atoms with Gasteiger partial charge in [0.05, 0.1) is 19.8 Å². The second-order valence-corrected chi connectivity index (χ2v) is 6.19. The molecule has 0 fully saturated rings. The van der Waals surface area contributed by atoms with Gasteiger partial charge < -0.3 is 15.4 Å². The Morgan fingerprint density at radius 2 is 1.90 bits per heavy atom. The van der Waals surface area contributed by atoms with Gasteiger partial charge in [-0.15, -0.1) is 24.0 Å². The third-order valence-corrected chi connectivity index (χ3v) is 4.03. The molecule has 0 bridgehead atoms. The van der Waals surface area contributed by atoms with Crippen molar-refractivity contribution in [2.45, 2.75) is 20.1 Å². The van der Waals surface area contributed by atoms with Gasteiger partial charge >= 0.3 is 0 Å². The molecule has 8 heteroatoms. The number of halogens is 1. The maximum Gasteiger partial charge on any atom is 0.191 e. The third-order valence-electron chi connectivity index (χ3n) is 4.03. The highest BCUT2D eigenvalue weighted by Crippen LogP contribution is 2.15. The van der Waals surface area contributed by atoms with Gasteiger partial charge in [-0.3, -0.25) is 5.10 Å². The minimum absolute atomic E-state index is 0. The lowest BCUT2D eigenvalue weighted by molar-refractivity contribution is 0.125. The average molecular weight is 506 g/mol. The summed E-state index contributed by atoms with van der Waals surface area (Å²) in [6, 6.07) is 18.3. The number of aromatic amines is 1. The van der Waals surface area contributed by atoms with Crippen LogP contribution < -0.4 is 10.6 Å². The molecular weight excluding hydrogens is 479 g/mol. The average Bonchev–Trinajstić information content (AvgIpc) is 3.28. The predicted molar refractivity (Wildman–Crippen MR) is 126 cm³/mol. The Labute approximate surface area is 188 Å². The normalized spacial score (nSPS) is 11.0.